The minimum Gasteiger partial charge on any atom is -0.391 e. The van der Waals surface area contributed by atoms with Gasteiger partial charge in [-0.2, -0.15) is 0 Å². The molecular formula is C17H24O6. The fraction of sp³-hybridized carbons (Fsp3) is 0.647. The number of rotatable bonds is 5. The number of methoxy groups -OCH3 is 1. The lowest BCUT2D eigenvalue weighted by molar-refractivity contribution is -0.348. The molecule has 6 heteroatoms. The largest absolute Gasteiger partial charge is 0.391 e. The Labute approximate surface area is 135 Å². The first-order chi connectivity index (χ1) is 10.9. The molecule has 3 rings (SSSR count). The highest BCUT2D eigenvalue weighted by molar-refractivity contribution is 5.14. The summed E-state index contributed by atoms with van der Waals surface area (Å²) in [6.07, 6.45) is -2.79. The number of fused-ring (bicyclic) bond motifs is 2. The van der Waals surface area contributed by atoms with E-state index in [-0.39, 0.29) is 6.61 Å². The van der Waals surface area contributed by atoms with Gasteiger partial charge in [-0.05, 0) is 19.4 Å². The zero-order valence-electron chi connectivity index (χ0n) is 13.6. The number of hydrogen-bond donors (Lipinski definition) is 2. The molecule has 128 valence electrons. The van der Waals surface area contributed by atoms with Crippen LogP contribution < -0.4 is 0 Å². The van der Waals surface area contributed by atoms with E-state index in [0.717, 1.165) is 5.56 Å². The number of ether oxygens (including phenoxy) is 4. The first-order valence-corrected chi connectivity index (χ1v) is 7.79. The summed E-state index contributed by atoms with van der Waals surface area (Å²) in [5, 5.41) is 20.3. The average Bonchev–Trinajstić information content (AvgIpc) is 2.71. The average molecular weight is 324 g/mol. The third-order valence-electron chi connectivity index (χ3n) is 4.67. The standard InChI is InChI=1S/C17H24O6/c1-16(2)14-12(19)13(22-16)15(17(10-18,20-3)23-14)21-9-11-7-5-4-6-8-11/h4-8,12-15,18-19H,9-10H2,1-3H3/t12-,13+,14?,15-,17+/m0/s1. The van der Waals surface area contributed by atoms with E-state index in [0.29, 0.717) is 6.61 Å². The van der Waals surface area contributed by atoms with Gasteiger partial charge in [0.05, 0.1) is 12.2 Å². The van der Waals surface area contributed by atoms with Crippen molar-refractivity contribution in [1.29, 1.82) is 0 Å². The predicted octanol–water partition coefficient (Wildman–Crippen LogP) is 0.844. The second-order valence-corrected chi connectivity index (χ2v) is 6.61. The Morgan fingerprint density at radius 3 is 2.48 bits per heavy atom. The molecule has 1 unspecified atom stereocenters. The maximum absolute atomic E-state index is 10.5. The van der Waals surface area contributed by atoms with E-state index in [4.69, 9.17) is 18.9 Å². The lowest BCUT2D eigenvalue weighted by Crippen LogP contribution is -2.65. The van der Waals surface area contributed by atoms with Crippen LogP contribution in [0.3, 0.4) is 0 Å². The van der Waals surface area contributed by atoms with Crippen LogP contribution in [0.2, 0.25) is 0 Å². The van der Waals surface area contributed by atoms with Crippen LogP contribution in [0.4, 0.5) is 0 Å². The van der Waals surface area contributed by atoms with Gasteiger partial charge in [0, 0.05) is 7.11 Å². The molecule has 23 heavy (non-hydrogen) atoms. The summed E-state index contributed by atoms with van der Waals surface area (Å²) in [5.41, 5.74) is 0.290. The first-order valence-electron chi connectivity index (χ1n) is 7.79. The molecule has 1 aromatic carbocycles. The van der Waals surface area contributed by atoms with Gasteiger partial charge in [-0.25, -0.2) is 0 Å². The van der Waals surface area contributed by atoms with E-state index in [1.165, 1.54) is 7.11 Å². The smallest absolute Gasteiger partial charge is 0.221 e. The summed E-state index contributed by atoms with van der Waals surface area (Å²) >= 11 is 0. The quantitative estimate of drug-likeness (QED) is 0.836. The molecule has 2 aliphatic heterocycles. The molecular weight excluding hydrogens is 300 g/mol. The Hall–Kier alpha value is -1.02. The second-order valence-electron chi connectivity index (χ2n) is 6.61. The van der Waals surface area contributed by atoms with Gasteiger partial charge in [-0.15, -0.1) is 0 Å². The minimum atomic E-state index is -1.35. The van der Waals surface area contributed by atoms with Crippen LogP contribution in [0.5, 0.6) is 0 Å². The SMILES string of the molecule is CO[C@]1(CO)OC2[C@@H](O)[C@@H](OC2(C)C)[C@@H]1OCc1ccccc1. The normalized spacial score (nSPS) is 38.7. The molecule has 0 aromatic heterocycles. The van der Waals surface area contributed by atoms with Crippen molar-refractivity contribution in [2.24, 2.45) is 0 Å². The zero-order valence-corrected chi connectivity index (χ0v) is 13.6. The maximum atomic E-state index is 10.5. The van der Waals surface area contributed by atoms with E-state index in [9.17, 15) is 10.2 Å². The van der Waals surface area contributed by atoms with Gasteiger partial charge in [0.2, 0.25) is 5.79 Å². The van der Waals surface area contributed by atoms with Crippen molar-refractivity contribution in [2.45, 2.75) is 56.3 Å². The lowest BCUT2D eigenvalue weighted by Gasteiger charge is -2.45. The van der Waals surface area contributed by atoms with Crippen LogP contribution in [0.25, 0.3) is 0 Å². The highest BCUT2D eigenvalue weighted by Crippen LogP contribution is 2.45. The third-order valence-corrected chi connectivity index (χ3v) is 4.67. The molecule has 6 nitrogen and oxygen atoms in total. The molecule has 0 amide bonds. The molecule has 0 radical (unpaired) electrons. The van der Waals surface area contributed by atoms with Gasteiger partial charge in [-0.1, -0.05) is 30.3 Å². The summed E-state index contributed by atoms with van der Waals surface area (Å²) in [4.78, 5) is 0. The van der Waals surface area contributed by atoms with Crippen LogP contribution in [0.15, 0.2) is 30.3 Å². The monoisotopic (exact) mass is 324 g/mol. The van der Waals surface area contributed by atoms with Gasteiger partial charge >= 0.3 is 0 Å². The summed E-state index contributed by atoms with van der Waals surface area (Å²) in [5.74, 6) is -1.35. The Morgan fingerprint density at radius 1 is 1.17 bits per heavy atom. The number of benzene rings is 1. The van der Waals surface area contributed by atoms with Crippen molar-refractivity contribution in [3.8, 4) is 0 Å². The molecule has 2 N–H and O–H groups in total. The molecule has 2 bridgehead atoms. The summed E-state index contributed by atoms with van der Waals surface area (Å²) in [6, 6.07) is 9.65. The van der Waals surface area contributed by atoms with Crippen LogP contribution in [0, 0.1) is 0 Å². The lowest BCUT2D eigenvalue weighted by atomic mass is 9.90. The number of hydrogen-bond acceptors (Lipinski definition) is 6. The fourth-order valence-electron chi connectivity index (χ4n) is 3.39. The summed E-state index contributed by atoms with van der Waals surface area (Å²) in [7, 11) is 1.46. The topological polar surface area (TPSA) is 77.4 Å². The van der Waals surface area contributed by atoms with E-state index < -0.39 is 35.8 Å². The van der Waals surface area contributed by atoms with E-state index in [2.05, 4.69) is 0 Å². The van der Waals surface area contributed by atoms with Crippen LogP contribution in [0.1, 0.15) is 19.4 Å². The Bertz CT molecular complexity index is 527. The summed E-state index contributed by atoms with van der Waals surface area (Å²) < 4.78 is 23.3. The van der Waals surface area contributed by atoms with Gasteiger partial charge in [0.1, 0.15) is 31.0 Å². The number of aliphatic hydroxyl groups is 2. The van der Waals surface area contributed by atoms with Crippen LogP contribution >= 0.6 is 0 Å². The van der Waals surface area contributed by atoms with Crippen molar-refractivity contribution < 1.29 is 29.2 Å². The molecule has 0 saturated carbocycles. The molecule has 2 fully saturated rings. The minimum absolute atomic E-state index is 0.303. The summed E-state index contributed by atoms with van der Waals surface area (Å²) in [6.45, 7) is 3.61. The molecule has 2 saturated heterocycles. The predicted molar refractivity (Wildman–Crippen MR) is 81.7 cm³/mol. The molecule has 2 heterocycles. The Kier molecular flexibility index (Phi) is 4.48. The van der Waals surface area contributed by atoms with Gasteiger partial charge in [0.15, 0.2) is 0 Å². The first kappa shape index (κ1) is 16.8. The molecule has 0 spiro atoms. The molecule has 0 aliphatic carbocycles. The van der Waals surface area contributed by atoms with Gasteiger partial charge in [-0.3, -0.25) is 0 Å². The zero-order chi connectivity index (χ0) is 16.7. The van der Waals surface area contributed by atoms with Crippen molar-refractivity contribution in [1.82, 2.24) is 0 Å². The highest BCUT2D eigenvalue weighted by Gasteiger charge is 2.65. The van der Waals surface area contributed by atoms with Gasteiger partial charge in [0.25, 0.3) is 0 Å². The molecule has 1 aromatic rings. The van der Waals surface area contributed by atoms with Crippen LogP contribution in [-0.2, 0) is 25.6 Å². The van der Waals surface area contributed by atoms with E-state index in [1.807, 2.05) is 44.2 Å². The van der Waals surface area contributed by atoms with Crippen molar-refractivity contribution in [2.75, 3.05) is 13.7 Å². The van der Waals surface area contributed by atoms with Crippen LogP contribution in [-0.4, -0.2) is 59.7 Å². The Morgan fingerprint density at radius 2 is 1.87 bits per heavy atom. The van der Waals surface area contributed by atoms with Crippen molar-refractivity contribution in [3.05, 3.63) is 35.9 Å². The van der Waals surface area contributed by atoms with E-state index >= 15 is 0 Å². The van der Waals surface area contributed by atoms with Crippen molar-refractivity contribution >= 4 is 0 Å². The second kappa shape index (κ2) is 6.12. The Balaban J connectivity index is 1.85. The van der Waals surface area contributed by atoms with Gasteiger partial charge < -0.3 is 29.2 Å². The van der Waals surface area contributed by atoms with Crippen molar-refractivity contribution in [3.63, 3.8) is 0 Å². The highest BCUT2D eigenvalue weighted by atomic mass is 16.8. The molecule has 5 atom stereocenters. The van der Waals surface area contributed by atoms with E-state index in [1.54, 1.807) is 0 Å². The maximum Gasteiger partial charge on any atom is 0.221 e. The molecule has 2 aliphatic rings. The third kappa shape index (κ3) is 2.80. The number of aliphatic hydroxyl groups excluding tert-OH is 2. The fourth-order valence-corrected chi connectivity index (χ4v) is 3.39.